The molecule has 0 aromatic heterocycles. The summed E-state index contributed by atoms with van der Waals surface area (Å²) >= 11 is 0. The predicted molar refractivity (Wildman–Crippen MR) is 79.6 cm³/mol. The fraction of sp³-hybridized carbons (Fsp3) is 0.500. The van der Waals surface area contributed by atoms with Crippen LogP contribution in [0.15, 0.2) is 24.3 Å². The van der Waals surface area contributed by atoms with E-state index in [0.29, 0.717) is 12.8 Å². The van der Waals surface area contributed by atoms with Crippen molar-refractivity contribution in [2.75, 3.05) is 11.4 Å². The average Bonchev–Trinajstić information content (AvgIpc) is 2.49. The quantitative estimate of drug-likeness (QED) is 0.915. The van der Waals surface area contributed by atoms with Crippen LogP contribution in [0.3, 0.4) is 0 Å². The number of rotatable bonds is 4. The molecule has 4 heteroatoms. The summed E-state index contributed by atoms with van der Waals surface area (Å²) < 4.78 is 0. The van der Waals surface area contributed by atoms with Crippen LogP contribution in [0.25, 0.3) is 0 Å². The van der Waals surface area contributed by atoms with Crippen LogP contribution >= 0.6 is 0 Å². The monoisotopic (exact) mass is 274 g/mol. The van der Waals surface area contributed by atoms with E-state index in [1.165, 1.54) is 5.56 Å². The lowest BCUT2D eigenvalue weighted by atomic mass is 9.88. The van der Waals surface area contributed by atoms with E-state index in [9.17, 15) is 9.59 Å². The SMILES string of the molecule is CCc1ccc(N2CC(=O)NC(CC)(CC)C2=O)cc1. The van der Waals surface area contributed by atoms with Crippen molar-refractivity contribution in [1.29, 1.82) is 0 Å². The van der Waals surface area contributed by atoms with Crippen LogP contribution in [0.4, 0.5) is 5.69 Å². The average molecular weight is 274 g/mol. The van der Waals surface area contributed by atoms with Gasteiger partial charge in [0.05, 0.1) is 0 Å². The molecule has 0 radical (unpaired) electrons. The summed E-state index contributed by atoms with van der Waals surface area (Å²) in [4.78, 5) is 26.3. The smallest absolute Gasteiger partial charge is 0.253 e. The van der Waals surface area contributed by atoms with Crippen LogP contribution in [0.5, 0.6) is 0 Å². The number of piperazine rings is 1. The van der Waals surface area contributed by atoms with Crippen LogP contribution in [-0.4, -0.2) is 23.9 Å². The summed E-state index contributed by atoms with van der Waals surface area (Å²) in [5.41, 5.74) is 1.27. The Morgan fingerprint density at radius 3 is 2.20 bits per heavy atom. The van der Waals surface area contributed by atoms with E-state index in [1.54, 1.807) is 4.90 Å². The molecule has 1 aromatic rings. The van der Waals surface area contributed by atoms with Crippen LogP contribution < -0.4 is 10.2 Å². The molecular formula is C16H22N2O2. The molecule has 0 saturated carbocycles. The summed E-state index contributed by atoms with van der Waals surface area (Å²) in [6.45, 7) is 6.07. The van der Waals surface area contributed by atoms with Crippen molar-refractivity contribution < 1.29 is 9.59 Å². The molecule has 20 heavy (non-hydrogen) atoms. The molecule has 1 N–H and O–H groups in total. The molecule has 1 aromatic carbocycles. The summed E-state index contributed by atoms with van der Waals surface area (Å²) in [6, 6.07) is 7.86. The van der Waals surface area contributed by atoms with Gasteiger partial charge in [-0.15, -0.1) is 0 Å². The zero-order chi connectivity index (χ0) is 14.8. The molecule has 0 spiro atoms. The van der Waals surface area contributed by atoms with Gasteiger partial charge in [0.1, 0.15) is 12.1 Å². The maximum atomic E-state index is 12.7. The summed E-state index contributed by atoms with van der Waals surface area (Å²) in [5.74, 6) is -0.0979. The number of benzene rings is 1. The Kier molecular flexibility index (Phi) is 4.12. The fourth-order valence-electron chi connectivity index (χ4n) is 2.68. The highest BCUT2D eigenvalue weighted by Gasteiger charge is 2.44. The van der Waals surface area contributed by atoms with Gasteiger partial charge in [0.2, 0.25) is 5.91 Å². The highest BCUT2D eigenvalue weighted by atomic mass is 16.2. The molecule has 2 rings (SSSR count). The fourth-order valence-corrected chi connectivity index (χ4v) is 2.68. The van der Waals surface area contributed by atoms with E-state index >= 15 is 0 Å². The number of hydrogen-bond acceptors (Lipinski definition) is 2. The molecular weight excluding hydrogens is 252 g/mol. The van der Waals surface area contributed by atoms with E-state index < -0.39 is 5.54 Å². The van der Waals surface area contributed by atoms with Gasteiger partial charge in [0.25, 0.3) is 5.91 Å². The van der Waals surface area contributed by atoms with Crippen molar-refractivity contribution in [2.24, 2.45) is 0 Å². The van der Waals surface area contributed by atoms with Crippen molar-refractivity contribution in [3.05, 3.63) is 29.8 Å². The van der Waals surface area contributed by atoms with Gasteiger partial charge in [-0.25, -0.2) is 0 Å². The Hall–Kier alpha value is -1.84. The Labute approximate surface area is 120 Å². The third-order valence-electron chi connectivity index (χ3n) is 4.20. The second-order valence-electron chi connectivity index (χ2n) is 5.25. The first-order valence-electron chi connectivity index (χ1n) is 7.28. The Balaban J connectivity index is 2.34. The van der Waals surface area contributed by atoms with Crippen molar-refractivity contribution in [3.63, 3.8) is 0 Å². The number of carbonyl (C=O) groups is 2. The van der Waals surface area contributed by atoms with Crippen molar-refractivity contribution >= 4 is 17.5 Å². The largest absolute Gasteiger partial charge is 0.340 e. The number of nitrogens with one attached hydrogen (secondary N) is 1. The first-order valence-corrected chi connectivity index (χ1v) is 7.28. The van der Waals surface area contributed by atoms with E-state index in [4.69, 9.17) is 0 Å². The van der Waals surface area contributed by atoms with Gasteiger partial charge in [-0.2, -0.15) is 0 Å². The molecule has 0 unspecified atom stereocenters. The molecule has 0 atom stereocenters. The zero-order valence-electron chi connectivity index (χ0n) is 12.4. The lowest BCUT2D eigenvalue weighted by Gasteiger charge is -2.41. The molecule has 1 aliphatic heterocycles. The maximum Gasteiger partial charge on any atom is 0.253 e. The molecule has 2 amide bonds. The number of anilines is 1. The van der Waals surface area contributed by atoms with Gasteiger partial charge in [-0.05, 0) is 37.0 Å². The van der Waals surface area contributed by atoms with Gasteiger partial charge in [0.15, 0.2) is 0 Å². The number of hydrogen-bond donors (Lipinski definition) is 1. The second-order valence-corrected chi connectivity index (χ2v) is 5.25. The number of amides is 2. The molecule has 108 valence electrons. The van der Waals surface area contributed by atoms with Gasteiger partial charge in [-0.3, -0.25) is 9.59 Å². The van der Waals surface area contributed by atoms with E-state index in [1.807, 2.05) is 38.1 Å². The lowest BCUT2D eigenvalue weighted by molar-refractivity contribution is -0.136. The highest BCUT2D eigenvalue weighted by molar-refractivity contribution is 6.09. The Morgan fingerprint density at radius 2 is 1.70 bits per heavy atom. The minimum atomic E-state index is -0.751. The Bertz CT molecular complexity index is 504. The van der Waals surface area contributed by atoms with Gasteiger partial charge < -0.3 is 10.2 Å². The zero-order valence-corrected chi connectivity index (χ0v) is 12.4. The summed E-state index contributed by atoms with van der Waals surface area (Å²) in [6.07, 6.45) is 2.18. The second kappa shape index (κ2) is 5.65. The van der Waals surface area contributed by atoms with Gasteiger partial charge >= 0.3 is 0 Å². The minimum Gasteiger partial charge on any atom is -0.340 e. The highest BCUT2D eigenvalue weighted by Crippen LogP contribution is 2.26. The van der Waals surface area contributed by atoms with E-state index in [-0.39, 0.29) is 18.4 Å². The first-order chi connectivity index (χ1) is 9.56. The summed E-state index contributed by atoms with van der Waals surface area (Å²) in [7, 11) is 0. The van der Waals surface area contributed by atoms with E-state index in [0.717, 1.165) is 12.1 Å². The van der Waals surface area contributed by atoms with Crippen LogP contribution in [0.2, 0.25) is 0 Å². The molecule has 1 heterocycles. The molecule has 0 bridgehead atoms. The number of carbonyl (C=O) groups excluding carboxylic acids is 2. The van der Waals surface area contributed by atoms with Gasteiger partial charge in [0, 0.05) is 5.69 Å². The van der Waals surface area contributed by atoms with Crippen LogP contribution in [0, 0.1) is 0 Å². The molecule has 4 nitrogen and oxygen atoms in total. The van der Waals surface area contributed by atoms with Crippen molar-refractivity contribution in [1.82, 2.24) is 5.32 Å². The molecule has 0 aliphatic carbocycles. The first kappa shape index (κ1) is 14.6. The van der Waals surface area contributed by atoms with E-state index in [2.05, 4.69) is 12.2 Å². The summed E-state index contributed by atoms with van der Waals surface area (Å²) in [5, 5.41) is 2.87. The number of aryl methyl sites for hydroxylation is 1. The topological polar surface area (TPSA) is 49.4 Å². The lowest BCUT2D eigenvalue weighted by Crippen LogP contribution is -2.66. The third-order valence-corrected chi connectivity index (χ3v) is 4.20. The van der Waals surface area contributed by atoms with Crippen molar-refractivity contribution in [3.8, 4) is 0 Å². The molecule has 1 aliphatic rings. The maximum absolute atomic E-state index is 12.7. The normalized spacial score (nSPS) is 18.1. The van der Waals surface area contributed by atoms with Crippen LogP contribution in [-0.2, 0) is 16.0 Å². The molecule has 1 fully saturated rings. The minimum absolute atomic E-state index is 0.00801. The number of nitrogens with zero attached hydrogens (tertiary/aromatic N) is 1. The van der Waals surface area contributed by atoms with Crippen molar-refractivity contribution in [2.45, 2.75) is 45.6 Å². The predicted octanol–water partition coefficient (Wildman–Crippen LogP) is 2.27. The Morgan fingerprint density at radius 1 is 1.10 bits per heavy atom. The molecule has 1 saturated heterocycles. The van der Waals surface area contributed by atoms with Gasteiger partial charge in [-0.1, -0.05) is 32.9 Å². The standard InChI is InChI=1S/C16H22N2O2/c1-4-12-7-9-13(10-8-12)18-11-14(19)17-16(5-2,6-3)15(18)20/h7-10H,4-6,11H2,1-3H3,(H,17,19). The third kappa shape index (κ3) is 2.42. The van der Waals surface area contributed by atoms with Crippen LogP contribution in [0.1, 0.15) is 39.2 Å².